The summed E-state index contributed by atoms with van der Waals surface area (Å²) in [6, 6.07) is 5.64. The zero-order valence-electron chi connectivity index (χ0n) is 12.8. The zero-order chi connectivity index (χ0) is 19.5. The number of nitrogens with one attached hydrogen (secondary N) is 2. The van der Waals surface area contributed by atoms with Crippen molar-refractivity contribution < 1.29 is 25.6 Å². The van der Waals surface area contributed by atoms with Crippen LogP contribution in [0.15, 0.2) is 46.2 Å². The summed E-state index contributed by atoms with van der Waals surface area (Å²) in [6.45, 7) is -0.720. The lowest BCUT2D eigenvalue weighted by Gasteiger charge is -2.10. The molecule has 2 N–H and O–H groups in total. The summed E-state index contributed by atoms with van der Waals surface area (Å²) in [7, 11) is -8.31. The Morgan fingerprint density at radius 3 is 1.42 bits per heavy atom. The van der Waals surface area contributed by atoms with Gasteiger partial charge in [0.2, 0.25) is 20.0 Å². The van der Waals surface area contributed by atoms with Crippen molar-refractivity contribution >= 4 is 43.2 Å². The summed E-state index contributed by atoms with van der Waals surface area (Å²) in [5.74, 6) is -1.59. The van der Waals surface area contributed by atoms with Crippen LogP contribution < -0.4 is 9.44 Å². The normalized spacial score (nSPS) is 12.3. The van der Waals surface area contributed by atoms with E-state index in [0.29, 0.717) is 0 Å². The third kappa shape index (κ3) is 5.12. The first-order valence-electron chi connectivity index (χ1n) is 6.92. The fraction of sp³-hybridized carbons (Fsp3) is 0.143. The van der Waals surface area contributed by atoms with Crippen LogP contribution in [0.2, 0.25) is 10.0 Å². The molecule has 0 spiro atoms. The number of hydrogen-bond acceptors (Lipinski definition) is 4. The molecular weight excluding hydrogens is 433 g/mol. The molecule has 12 heteroatoms. The number of rotatable bonds is 7. The third-order valence-electron chi connectivity index (χ3n) is 3.07. The fourth-order valence-corrected chi connectivity index (χ4v) is 4.97. The van der Waals surface area contributed by atoms with Crippen molar-refractivity contribution in [3.05, 3.63) is 58.1 Å². The average Bonchev–Trinajstić information content (AvgIpc) is 2.56. The van der Waals surface area contributed by atoms with E-state index < -0.39 is 41.5 Å². The number of benzene rings is 2. The monoisotopic (exact) mass is 444 g/mol. The molecule has 0 unspecified atom stereocenters. The summed E-state index contributed by atoms with van der Waals surface area (Å²) >= 11 is 11.5. The van der Waals surface area contributed by atoms with Crippen molar-refractivity contribution in [1.82, 2.24) is 9.44 Å². The van der Waals surface area contributed by atoms with Gasteiger partial charge in [0.1, 0.15) is 21.4 Å². The van der Waals surface area contributed by atoms with Gasteiger partial charge in [0.05, 0.1) is 10.0 Å². The molecule has 0 aliphatic carbocycles. The molecule has 0 aliphatic heterocycles. The summed E-state index contributed by atoms with van der Waals surface area (Å²) in [4.78, 5) is -0.953. The van der Waals surface area contributed by atoms with Gasteiger partial charge in [-0.3, -0.25) is 0 Å². The Morgan fingerprint density at radius 1 is 0.731 bits per heavy atom. The predicted molar refractivity (Wildman–Crippen MR) is 93.2 cm³/mol. The smallest absolute Gasteiger partial charge is 0.210 e. The van der Waals surface area contributed by atoms with Crippen LogP contribution in [-0.2, 0) is 20.0 Å². The molecule has 0 radical (unpaired) electrons. The quantitative estimate of drug-likeness (QED) is 0.641. The van der Waals surface area contributed by atoms with E-state index in [1.807, 2.05) is 0 Å². The van der Waals surface area contributed by atoms with Gasteiger partial charge in [-0.15, -0.1) is 0 Å². The van der Waals surface area contributed by atoms with Crippen LogP contribution in [-0.4, -0.2) is 29.9 Å². The van der Waals surface area contributed by atoms with E-state index in [1.54, 1.807) is 0 Å². The molecule has 0 fully saturated rings. The highest BCUT2D eigenvalue weighted by molar-refractivity contribution is 7.90. The van der Waals surface area contributed by atoms with Crippen molar-refractivity contribution in [2.24, 2.45) is 0 Å². The molecule has 0 aliphatic rings. The van der Waals surface area contributed by atoms with Crippen molar-refractivity contribution in [3.63, 3.8) is 0 Å². The van der Waals surface area contributed by atoms with Gasteiger partial charge in [-0.05, 0) is 36.4 Å². The Kier molecular flexibility index (Phi) is 6.59. The second-order valence-electron chi connectivity index (χ2n) is 4.95. The Bertz CT molecular complexity index is 948. The maximum atomic E-state index is 13.2. The lowest BCUT2D eigenvalue weighted by Crippen LogP contribution is -2.35. The van der Waals surface area contributed by atoms with Crippen LogP contribution in [0.3, 0.4) is 0 Å². The molecule has 0 heterocycles. The van der Waals surface area contributed by atoms with E-state index in [0.717, 1.165) is 36.4 Å². The SMILES string of the molecule is O=S(=O)(NCCNS(=O)(=O)c1cc(F)ccc1Cl)c1cc(F)ccc1Cl. The van der Waals surface area contributed by atoms with Gasteiger partial charge in [-0.2, -0.15) is 0 Å². The summed E-state index contributed by atoms with van der Waals surface area (Å²) in [5, 5.41) is -0.378. The minimum atomic E-state index is -4.15. The Morgan fingerprint density at radius 2 is 1.08 bits per heavy atom. The van der Waals surface area contributed by atoms with Crippen LogP contribution in [0.1, 0.15) is 0 Å². The number of sulfonamides is 2. The van der Waals surface area contributed by atoms with Crippen LogP contribution in [0.5, 0.6) is 0 Å². The molecule has 0 aromatic heterocycles. The lowest BCUT2D eigenvalue weighted by molar-refractivity contribution is 0.568. The van der Waals surface area contributed by atoms with Gasteiger partial charge in [-0.25, -0.2) is 35.1 Å². The third-order valence-corrected chi connectivity index (χ3v) is 6.96. The van der Waals surface area contributed by atoms with Crippen molar-refractivity contribution in [2.45, 2.75) is 9.79 Å². The predicted octanol–water partition coefficient (Wildman–Crippen LogP) is 2.53. The highest BCUT2D eigenvalue weighted by atomic mass is 35.5. The van der Waals surface area contributed by atoms with Gasteiger partial charge in [-0.1, -0.05) is 23.2 Å². The second-order valence-corrected chi connectivity index (χ2v) is 9.23. The van der Waals surface area contributed by atoms with Crippen LogP contribution in [0, 0.1) is 11.6 Å². The fourth-order valence-electron chi connectivity index (χ4n) is 1.89. The van der Waals surface area contributed by atoms with E-state index in [-0.39, 0.29) is 23.1 Å². The number of halogens is 4. The van der Waals surface area contributed by atoms with E-state index in [9.17, 15) is 25.6 Å². The molecule has 142 valence electrons. The molecule has 2 aromatic carbocycles. The standard InChI is InChI=1S/C14H12Cl2F2N2O4S2/c15-11-3-1-9(17)7-13(11)25(21,22)19-5-6-20-26(23,24)14-8-10(18)2-4-12(14)16/h1-4,7-8,19-20H,5-6H2. The Labute approximate surface area is 159 Å². The largest absolute Gasteiger partial charge is 0.242 e. The Balaban J connectivity index is 2.04. The maximum Gasteiger partial charge on any atom is 0.242 e. The van der Waals surface area contributed by atoms with E-state index in [2.05, 4.69) is 9.44 Å². The van der Waals surface area contributed by atoms with Gasteiger partial charge in [0, 0.05) is 13.1 Å². The van der Waals surface area contributed by atoms with Crippen LogP contribution in [0.25, 0.3) is 0 Å². The highest BCUT2D eigenvalue weighted by Gasteiger charge is 2.21. The van der Waals surface area contributed by atoms with Gasteiger partial charge in [0.15, 0.2) is 0 Å². The van der Waals surface area contributed by atoms with Crippen molar-refractivity contribution in [1.29, 1.82) is 0 Å². The first-order valence-corrected chi connectivity index (χ1v) is 10.6. The molecule has 26 heavy (non-hydrogen) atoms. The van der Waals surface area contributed by atoms with Crippen LogP contribution >= 0.6 is 23.2 Å². The first kappa shape index (κ1) is 21.0. The molecule has 0 bridgehead atoms. The second kappa shape index (κ2) is 8.15. The topological polar surface area (TPSA) is 92.3 Å². The molecule has 2 aromatic rings. The molecule has 0 amide bonds. The van der Waals surface area contributed by atoms with E-state index in [4.69, 9.17) is 23.2 Å². The molecular formula is C14H12Cl2F2N2O4S2. The molecule has 0 atom stereocenters. The van der Waals surface area contributed by atoms with Crippen LogP contribution in [0.4, 0.5) is 8.78 Å². The summed E-state index contributed by atoms with van der Waals surface area (Å²) in [6.07, 6.45) is 0. The summed E-state index contributed by atoms with van der Waals surface area (Å²) < 4.78 is 78.9. The van der Waals surface area contributed by atoms with Gasteiger partial charge >= 0.3 is 0 Å². The van der Waals surface area contributed by atoms with Crippen molar-refractivity contribution in [2.75, 3.05) is 13.1 Å². The van der Waals surface area contributed by atoms with E-state index >= 15 is 0 Å². The highest BCUT2D eigenvalue weighted by Crippen LogP contribution is 2.23. The maximum absolute atomic E-state index is 13.2. The Hall–Kier alpha value is -1.30. The van der Waals surface area contributed by atoms with Gasteiger partial charge < -0.3 is 0 Å². The molecule has 0 saturated heterocycles. The van der Waals surface area contributed by atoms with Crippen molar-refractivity contribution in [3.8, 4) is 0 Å². The molecule has 0 saturated carbocycles. The minimum absolute atomic E-state index is 0.189. The summed E-state index contributed by atoms with van der Waals surface area (Å²) in [5.41, 5.74) is 0. The molecule has 6 nitrogen and oxygen atoms in total. The van der Waals surface area contributed by atoms with Gasteiger partial charge in [0.25, 0.3) is 0 Å². The van der Waals surface area contributed by atoms with E-state index in [1.165, 1.54) is 0 Å². The zero-order valence-corrected chi connectivity index (χ0v) is 16.0. The minimum Gasteiger partial charge on any atom is -0.210 e. The first-order chi connectivity index (χ1) is 12.0. The lowest BCUT2D eigenvalue weighted by atomic mass is 10.3. The number of hydrogen-bond donors (Lipinski definition) is 2. The average molecular weight is 445 g/mol. The molecule has 2 rings (SSSR count).